The zero-order valence-corrected chi connectivity index (χ0v) is 58.0. The molecule has 1 atom stereocenters. The standard InChI is InChI=1S/C83H142O5/c1-3-5-7-9-11-13-15-17-19-21-23-25-27-29-31-33-35-37-39-41-43-45-47-49-51-53-55-57-59-61-63-65-67-69-71-73-75-77-82(85)87-80-81(79-84)88-83(86)78-76-74-72-70-68-66-64-62-60-58-56-54-52-50-48-46-44-42-40-38-36-34-32-30-28-26-24-22-20-18-16-14-12-10-8-6-4-2/h6,8,12,14,18,20-21,23-24,26,30,32,36,38,42,44,48,50,54,56,60,62,81,84H,3-5,7,9-11,13,15-17,19,22,25,27-29,31,33-35,37,39-41,43,45-47,49,51-53,55,57-59,61,63-80H2,1-2H3/b8-6-,14-12-,20-18-,23-21-,26-24-,32-30-,38-36-,44-42-,50-48-,56-54-,62-60-. The summed E-state index contributed by atoms with van der Waals surface area (Å²) in [6.07, 6.45) is 115. The largest absolute Gasteiger partial charge is 0.462 e. The van der Waals surface area contributed by atoms with Gasteiger partial charge in [0.15, 0.2) is 6.10 Å². The van der Waals surface area contributed by atoms with Gasteiger partial charge in [0, 0.05) is 12.8 Å². The zero-order valence-electron chi connectivity index (χ0n) is 58.0. The summed E-state index contributed by atoms with van der Waals surface area (Å²) in [6, 6.07) is 0. The Morgan fingerprint density at radius 1 is 0.273 bits per heavy atom. The first kappa shape index (κ1) is 84.0. The van der Waals surface area contributed by atoms with Crippen LogP contribution in [-0.4, -0.2) is 36.4 Å². The molecule has 0 aromatic rings. The van der Waals surface area contributed by atoms with Gasteiger partial charge < -0.3 is 14.6 Å². The lowest BCUT2D eigenvalue weighted by Gasteiger charge is -2.15. The van der Waals surface area contributed by atoms with Gasteiger partial charge in [-0.25, -0.2) is 0 Å². The Balaban J connectivity index is 3.51. The Hall–Kier alpha value is -3.96. The van der Waals surface area contributed by atoms with E-state index in [-0.39, 0.29) is 25.2 Å². The van der Waals surface area contributed by atoms with Gasteiger partial charge in [-0.1, -0.05) is 366 Å². The fourth-order valence-corrected chi connectivity index (χ4v) is 10.8. The van der Waals surface area contributed by atoms with Crippen molar-refractivity contribution in [1.82, 2.24) is 0 Å². The molecule has 0 rings (SSSR count). The Morgan fingerprint density at radius 2 is 0.489 bits per heavy atom. The second-order valence-electron chi connectivity index (χ2n) is 25.0. The van der Waals surface area contributed by atoms with E-state index in [2.05, 4.69) is 148 Å². The summed E-state index contributed by atoms with van der Waals surface area (Å²) >= 11 is 0. The van der Waals surface area contributed by atoms with Crippen molar-refractivity contribution in [2.75, 3.05) is 13.2 Å². The van der Waals surface area contributed by atoms with Crippen LogP contribution in [0.3, 0.4) is 0 Å². The highest BCUT2D eigenvalue weighted by molar-refractivity contribution is 5.70. The summed E-state index contributed by atoms with van der Waals surface area (Å²) in [5.41, 5.74) is 0. The lowest BCUT2D eigenvalue weighted by molar-refractivity contribution is -0.161. The molecule has 88 heavy (non-hydrogen) atoms. The summed E-state index contributed by atoms with van der Waals surface area (Å²) < 4.78 is 10.8. The van der Waals surface area contributed by atoms with E-state index < -0.39 is 6.10 Å². The molecule has 0 radical (unpaired) electrons. The van der Waals surface area contributed by atoms with E-state index in [1.165, 1.54) is 225 Å². The molecular formula is C83H142O5. The lowest BCUT2D eigenvalue weighted by atomic mass is 10.0. The topological polar surface area (TPSA) is 72.8 Å². The smallest absolute Gasteiger partial charge is 0.306 e. The minimum atomic E-state index is -0.790. The molecule has 0 bridgehead atoms. The van der Waals surface area contributed by atoms with Crippen LogP contribution in [0.15, 0.2) is 134 Å². The molecule has 0 aromatic carbocycles. The molecule has 0 fully saturated rings. The van der Waals surface area contributed by atoms with Crippen LogP contribution in [0.25, 0.3) is 0 Å². The quantitative estimate of drug-likeness (QED) is 0.0373. The Labute approximate surface area is 546 Å². The fourth-order valence-electron chi connectivity index (χ4n) is 10.8. The lowest BCUT2D eigenvalue weighted by Crippen LogP contribution is -2.28. The summed E-state index contributed by atoms with van der Waals surface area (Å²) in [6.45, 7) is 4.04. The van der Waals surface area contributed by atoms with Crippen LogP contribution in [0.2, 0.25) is 0 Å². The SMILES string of the molecule is CC/C=C\C/C=C\C/C=C\C/C=C\C/C=C\C/C=C\C/C=C\C/C=C\C/C=C\C/C=C\CCCCCCCCC(=O)OC(CO)COC(=O)CCCCCCCCCCCCCCCCCCCCCCCCCCC/C=C\CCCCCCCCCC. The minimum absolute atomic E-state index is 0.0758. The summed E-state index contributed by atoms with van der Waals surface area (Å²) in [5.74, 6) is -0.601. The van der Waals surface area contributed by atoms with Crippen molar-refractivity contribution in [3.05, 3.63) is 134 Å². The van der Waals surface area contributed by atoms with Crippen LogP contribution in [-0.2, 0) is 19.1 Å². The van der Waals surface area contributed by atoms with E-state index >= 15 is 0 Å². The van der Waals surface area contributed by atoms with Crippen molar-refractivity contribution in [1.29, 1.82) is 0 Å². The van der Waals surface area contributed by atoms with Crippen LogP contribution in [0, 0.1) is 0 Å². The highest BCUT2D eigenvalue weighted by atomic mass is 16.6. The van der Waals surface area contributed by atoms with E-state index in [0.29, 0.717) is 12.8 Å². The number of hydrogen-bond donors (Lipinski definition) is 1. The van der Waals surface area contributed by atoms with Crippen molar-refractivity contribution in [2.45, 2.75) is 367 Å². The van der Waals surface area contributed by atoms with Crippen LogP contribution < -0.4 is 0 Å². The minimum Gasteiger partial charge on any atom is -0.462 e. The predicted octanol–water partition coefficient (Wildman–Crippen LogP) is 26.7. The van der Waals surface area contributed by atoms with Crippen molar-refractivity contribution in [3.8, 4) is 0 Å². The fraction of sp³-hybridized carbons (Fsp3) is 0.711. The monoisotopic (exact) mass is 1220 g/mol. The Bertz CT molecular complexity index is 1770. The first-order valence-corrected chi connectivity index (χ1v) is 37.7. The van der Waals surface area contributed by atoms with Gasteiger partial charge in [-0.15, -0.1) is 0 Å². The molecule has 0 heterocycles. The molecule has 0 aromatic heterocycles. The molecule has 5 heteroatoms. The van der Waals surface area contributed by atoms with Crippen LogP contribution >= 0.6 is 0 Å². The predicted molar refractivity (Wildman–Crippen MR) is 389 cm³/mol. The molecule has 1 unspecified atom stereocenters. The number of allylic oxidation sites excluding steroid dienone is 22. The van der Waals surface area contributed by atoms with Crippen LogP contribution in [0.4, 0.5) is 0 Å². The molecule has 0 saturated heterocycles. The van der Waals surface area contributed by atoms with E-state index in [9.17, 15) is 14.7 Å². The molecule has 0 amide bonds. The van der Waals surface area contributed by atoms with Crippen molar-refractivity contribution < 1.29 is 24.2 Å². The van der Waals surface area contributed by atoms with Gasteiger partial charge in [0.05, 0.1) is 6.61 Å². The van der Waals surface area contributed by atoms with Gasteiger partial charge in [0.1, 0.15) is 6.61 Å². The summed E-state index contributed by atoms with van der Waals surface area (Å²) in [4.78, 5) is 24.7. The number of aliphatic hydroxyl groups excluding tert-OH is 1. The third-order valence-electron chi connectivity index (χ3n) is 16.4. The Morgan fingerprint density at radius 3 is 0.750 bits per heavy atom. The second-order valence-corrected chi connectivity index (χ2v) is 25.0. The molecule has 0 spiro atoms. The average Bonchev–Trinajstić information content (AvgIpc) is 3.55. The second kappa shape index (κ2) is 77.3. The molecule has 504 valence electrons. The maximum Gasteiger partial charge on any atom is 0.306 e. The van der Waals surface area contributed by atoms with E-state index in [0.717, 1.165) is 109 Å². The van der Waals surface area contributed by atoms with Crippen molar-refractivity contribution >= 4 is 11.9 Å². The summed E-state index contributed by atoms with van der Waals surface area (Å²) in [5, 5.41) is 9.71. The van der Waals surface area contributed by atoms with Gasteiger partial charge >= 0.3 is 11.9 Å². The van der Waals surface area contributed by atoms with E-state index in [1.807, 2.05) is 0 Å². The average molecular weight is 1220 g/mol. The third-order valence-corrected chi connectivity index (χ3v) is 16.4. The van der Waals surface area contributed by atoms with E-state index in [1.54, 1.807) is 0 Å². The number of aliphatic hydroxyl groups is 1. The number of esters is 2. The molecule has 5 nitrogen and oxygen atoms in total. The molecular weight excluding hydrogens is 1080 g/mol. The Kier molecular flexibility index (Phi) is 73.8. The molecule has 0 aliphatic heterocycles. The zero-order chi connectivity index (χ0) is 63.3. The molecule has 0 saturated carbocycles. The van der Waals surface area contributed by atoms with Crippen molar-refractivity contribution in [3.63, 3.8) is 0 Å². The van der Waals surface area contributed by atoms with Gasteiger partial charge in [-0.05, 0) is 116 Å². The number of hydrogen-bond acceptors (Lipinski definition) is 5. The molecule has 1 N–H and O–H groups in total. The number of carbonyl (C=O) groups excluding carboxylic acids is 2. The van der Waals surface area contributed by atoms with Gasteiger partial charge in [0.25, 0.3) is 0 Å². The highest BCUT2D eigenvalue weighted by Crippen LogP contribution is 2.18. The maximum atomic E-state index is 12.4. The first-order valence-electron chi connectivity index (χ1n) is 37.7. The van der Waals surface area contributed by atoms with Gasteiger partial charge in [0.2, 0.25) is 0 Å². The maximum absolute atomic E-state index is 12.4. The number of ether oxygens (including phenoxy) is 2. The van der Waals surface area contributed by atoms with Crippen LogP contribution in [0.1, 0.15) is 361 Å². The first-order chi connectivity index (χ1) is 43.6. The highest BCUT2D eigenvalue weighted by Gasteiger charge is 2.16. The summed E-state index contributed by atoms with van der Waals surface area (Å²) in [7, 11) is 0. The van der Waals surface area contributed by atoms with E-state index in [4.69, 9.17) is 9.47 Å². The normalized spacial score (nSPS) is 13.0. The number of unbranched alkanes of at least 4 members (excludes halogenated alkanes) is 39. The number of carbonyl (C=O) groups is 2. The van der Waals surface area contributed by atoms with Gasteiger partial charge in [-0.2, -0.15) is 0 Å². The van der Waals surface area contributed by atoms with Gasteiger partial charge in [-0.3, -0.25) is 9.59 Å². The number of rotatable bonds is 69. The molecule has 0 aliphatic rings. The third kappa shape index (κ3) is 74.5. The van der Waals surface area contributed by atoms with Crippen molar-refractivity contribution in [2.24, 2.45) is 0 Å². The molecule has 0 aliphatic carbocycles. The van der Waals surface area contributed by atoms with Crippen LogP contribution in [0.5, 0.6) is 0 Å².